The molecule has 1 aliphatic carbocycles. The summed E-state index contributed by atoms with van der Waals surface area (Å²) in [6, 6.07) is 0.181. The summed E-state index contributed by atoms with van der Waals surface area (Å²) in [6.45, 7) is 6.71. The number of carbonyl (C=O) groups is 1. The lowest BCUT2D eigenvalue weighted by Crippen LogP contribution is -2.46. The van der Waals surface area contributed by atoms with Gasteiger partial charge in [-0.3, -0.25) is 0 Å². The molecule has 3 atom stereocenters. The predicted octanol–water partition coefficient (Wildman–Crippen LogP) is 3.00. The van der Waals surface area contributed by atoms with Gasteiger partial charge in [0.2, 0.25) is 0 Å². The molecule has 118 valence electrons. The summed E-state index contributed by atoms with van der Waals surface area (Å²) in [5.74, 6) is 1.28. The van der Waals surface area contributed by atoms with Crippen LogP contribution in [0.1, 0.15) is 59.3 Å². The van der Waals surface area contributed by atoms with Crippen LogP contribution in [0.4, 0.5) is 4.79 Å². The largest absolute Gasteiger partial charge is 0.393 e. The number of aliphatic hydroxyl groups excluding tert-OH is 1. The van der Waals surface area contributed by atoms with Gasteiger partial charge in [-0.05, 0) is 32.1 Å². The van der Waals surface area contributed by atoms with Gasteiger partial charge in [0.05, 0.1) is 6.10 Å². The normalized spacial score (nSPS) is 21.1. The van der Waals surface area contributed by atoms with Gasteiger partial charge >= 0.3 is 6.03 Å². The van der Waals surface area contributed by atoms with E-state index in [1.54, 1.807) is 18.9 Å². The first kappa shape index (κ1) is 17.3. The molecule has 0 aromatic carbocycles. The van der Waals surface area contributed by atoms with E-state index in [2.05, 4.69) is 19.2 Å². The Labute approximate surface area is 123 Å². The van der Waals surface area contributed by atoms with E-state index in [1.165, 1.54) is 32.1 Å². The van der Waals surface area contributed by atoms with Crippen molar-refractivity contribution >= 4 is 6.03 Å². The van der Waals surface area contributed by atoms with Gasteiger partial charge in [0.1, 0.15) is 0 Å². The first-order valence-corrected chi connectivity index (χ1v) is 8.11. The molecule has 2 amide bonds. The summed E-state index contributed by atoms with van der Waals surface area (Å²) >= 11 is 0. The molecule has 0 aromatic heterocycles. The molecule has 0 heterocycles. The van der Waals surface area contributed by atoms with Gasteiger partial charge in [0.15, 0.2) is 0 Å². The van der Waals surface area contributed by atoms with Crippen LogP contribution >= 0.6 is 0 Å². The van der Waals surface area contributed by atoms with Crippen molar-refractivity contribution in [2.24, 2.45) is 11.8 Å². The third-order valence-electron chi connectivity index (χ3n) is 4.76. The number of aliphatic hydroxyl groups is 1. The lowest BCUT2D eigenvalue weighted by molar-refractivity contribution is 0.158. The van der Waals surface area contributed by atoms with Crippen LogP contribution in [0.25, 0.3) is 0 Å². The number of nitrogens with zero attached hydrogens (tertiary/aromatic N) is 1. The lowest BCUT2D eigenvalue weighted by atomic mass is 9.78. The standard InChI is InChI=1S/C16H32N2O2/c1-12(19)10-11-18(4)16(20)17-14(3)13(2)15-8-6-5-7-9-15/h12-15,19H,5-11H2,1-4H3,(H,17,20). The molecule has 1 rings (SSSR count). The van der Waals surface area contributed by atoms with E-state index in [1.807, 2.05) is 0 Å². The molecule has 1 fully saturated rings. The summed E-state index contributed by atoms with van der Waals surface area (Å²) in [5.41, 5.74) is 0. The maximum atomic E-state index is 12.1. The Morgan fingerprint density at radius 2 is 1.85 bits per heavy atom. The fourth-order valence-electron chi connectivity index (χ4n) is 2.99. The third-order valence-corrected chi connectivity index (χ3v) is 4.76. The first-order chi connectivity index (χ1) is 9.41. The minimum atomic E-state index is -0.358. The fraction of sp³-hybridized carbons (Fsp3) is 0.938. The van der Waals surface area contributed by atoms with Gasteiger partial charge in [0, 0.05) is 19.6 Å². The van der Waals surface area contributed by atoms with Crippen molar-refractivity contribution in [1.29, 1.82) is 0 Å². The first-order valence-electron chi connectivity index (χ1n) is 8.11. The van der Waals surface area contributed by atoms with E-state index >= 15 is 0 Å². The van der Waals surface area contributed by atoms with Crippen LogP contribution in [-0.2, 0) is 0 Å². The molecule has 0 bridgehead atoms. The van der Waals surface area contributed by atoms with E-state index in [9.17, 15) is 9.90 Å². The van der Waals surface area contributed by atoms with Gasteiger partial charge in [-0.25, -0.2) is 4.79 Å². The Morgan fingerprint density at radius 3 is 2.40 bits per heavy atom. The summed E-state index contributed by atoms with van der Waals surface area (Å²) < 4.78 is 0. The second kappa shape index (κ2) is 8.50. The van der Waals surface area contributed by atoms with Gasteiger partial charge in [-0.1, -0.05) is 39.0 Å². The smallest absolute Gasteiger partial charge is 0.317 e. The van der Waals surface area contributed by atoms with Crippen molar-refractivity contribution in [2.75, 3.05) is 13.6 Å². The molecule has 20 heavy (non-hydrogen) atoms. The van der Waals surface area contributed by atoms with E-state index in [0.717, 1.165) is 5.92 Å². The highest BCUT2D eigenvalue weighted by Gasteiger charge is 2.26. The maximum Gasteiger partial charge on any atom is 0.317 e. The second-order valence-corrected chi connectivity index (χ2v) is 6.55. The predicted molar refractivity (Wildman–Crippen MR) is 82.7 cm³/mol. The molecule has 1 saturated carbocycles. The minimum absolute atomic E-state index is 0.0270. The zero-order chi connectivity index (χ0) is 15.1. The number of hydrogen-bond donors (Lipinski definition) is 2. The van der Waals surface area contributed by atoms with Crippen molar-refractivity contribution < 1.29 is 9.90 Å². The van der Waals surface area contributed by atoms with Crippen LogP contribution in [0.2, 0.25) is 0 Å². The van der Waals surface area contributed by atoms with Crippen LogP contribution in [0.15, 0.2) is 0 Å². The summed E-state index contributed by atoms with van der Waals surface area (Å²) in [7, 11) is 1.79. The number of nitrogens with one attached hydrogen (secondary N) is 1. The summed E-state index contributed by atoms with van der Waals surface area (Å²) in [6.07, 6.45) is 6.92. The molecular formula is C16H32N2O2. The lowest BCUT2D eigenvalue weighted by Gasteiger charge is -2.33. The Kier molecular flexibility index (Phi) is 7.35. The van der Waals surface area contributed by atoms with E-state index in [-0.39, 0.29) is 18.2 Å². The van der Waals surface area contributed by atoms with Crippen molar-refractivity contribution in [3.05, 3.63) is 0 Å². The number of hydrogen-bond acceptors (Lipinski definition) is 2. The molecule has 1 aliphatic rings. The van der Waals surface area contributed by atoms with Crippen LogP contribution in [0, 0.1) is 11.8 Å². The summed E-state index contributed by atoms with van der Waals surface area (Å²) in [5, 5.41) is 12.4. The highest BCUT2D eigenvalue weighted by molar-refractivity contribution is 5.74. The summed E-state index contributed by atoms with van der Waals surface area (Å²) in [4.78, 5) is 13.7. The van der Waals surface area contributed by atoms with Crippen molar-refractivity contribution in [2.45, 2.75) is 71.4 Å². The SMILES string of the molecule is CC(O)CCN(C)C(=O)NC(C)C(C)C1CCCCC1. The Balaban J connectivity index is 2.35. The molecule has 4 heteroatoms. The number of urea groups is 1. The molecule has 0 spiro atoms. The Morgan fingerprint density at radius 1 is 1.25 bits per heavy atom. The van der Waals surface area contributed by atoms with E-state index < -0.39 is 0 Å². The van der Waals surface area contributed by atoms with Crippen LogP contribution < -0.4 is 5.32 Å². The average molecular weight is 284 g/mol. The molecule has 0 saturated heterocycles. The van der Waals surface area contributed by atoms with Crippen LogP contribution in [-0.4, -0.2) is 41.8 Å². The molecular weight excluding hydrogens is 252 g/mol. The fourth-order valence-corrected chi connectivity index (χ4v) is 2.99. The van der Waals surface area contributed by atoms with E-state index in [0.29, 0.717) is 18.9 Å². The number of carbonyl (C=O) groups excluding carboxylic acids is 1. The van der Waals surface area contributed by atoms with Gasteiger partial charge in [-0.15, -0.1) is 0 Å². The quantitative estimate of drug-likeness (QED) is 0.788. The van der Waals surface area contributed by atoms with Gasteiger partial charge < -0.3 is 15.3 Å². The van der Waals surface area contributed by atoms with Crippen LogP contribution in [0.3, 0.4) is 0 Å². The third kappa shape index (κ3) is 5.70. The highest BCUT2D eigenvalue weighted by Crippen LogP contribution is 2.31. The Hall–Kier alpha value is -0.770. The van der Waals surface area contributed by atoms with Crippen molar-refractivity contribution in [3.63, 3.8) is 0 Å². The molecule has 3 unspecified atom stereocenters. The molecule has 0 aromatic rings. The molecule has 0 aliphatic heterocycles. The number of rotatable bonds is 6. The van der Waals surface area contributed by atoms with E-state index in [4.69, 9.17) is 0 Å². The van der Waals surface area contributed by atoms with Crippen LogP contribution in [0.5, 0.6) is 0 Å². The Bertz CT molecular complexity index is 288. The second-order valence-electron chi connectivity index (χ2n) is 6.55. The number of amides is 2. The highest BCUT2D eigenvalue weighted by atomic mass is 16.3. The average Bonchev–Trinajstić information content (AvgIpc) is 2.44. The molecule has 2 N–H and O–H groups in total. The minimum Gasteiger partial charge on any atom is -0.393 e. The van der Waals surface area contributed by atoms with Gasteiger partial charge in [0.25, 0.3) is 0 Å². The zero-order valence-electron chi connectivity index (χ0n) is 13.6. The topological polar surface area (TPSA) is 52.6 Å². The van der Waals surface area contributed by atoms with Crippen molar-refractivity contribution in [1.82, 2.24) is 10.2 Å². The monoisotopic (exact) mass is 284 g/mol. The molecule has 0 radical (unpaired) electrons. The van der Waals surface area contributed by atoms with Crippen molar-refractivity contribution in [3.8, 4) is 0 Å². The zero-order valence-corrected chi connectivity index (χ0v) is 13.6. The maximum absolute atomic E-state index is 12.1. The molecule has 4 nitrogen and oxygen atoms in total. The van der Waals surface area contributed by atoms with Gasteiger partial charge in [-0.2, -0.15) is 0 Å².